The van der Waals surface area contributed by atoms with Crippen molar-refractivity contribution < 1.29 is 9.90 Å². The van der Waals surface area contributed by atoms with Gasteiger partial charge in [-0.3, -0.25) is 4.79 Å². The van der Waals surface area contributed by atoms with Crippen LogP contribution in [0.4, 0.5) is 0 Å². The lowest BCUT2D eigenvalue weighted by molar-refractivity contribution is -0.116. The number of nitrogens with one attached hydrogen (secondary N) is 1. The highest BCUT2D eigenvalue weighted by atomic mass is 16.2. The summed E-state index contributed by atoms with van der Waals surface area (Å²) in [7, 11) is 0. The first-order chi connectivity index (χ1) is 5.08. The lowest BCUT2D eigenvalue weighted by Crippen LogP contribution is -2.27. The highest BCUT2D eigenvalue weighted by Crippen LogP contribution is 1.75. The highest BCUT2D eigenvalue weighted by Gasteiger charge is 1.93. The van der Waals surface area contributed by atoms with Crippen molar-refractivity contribution in [3.05, 3.63) is 12.7 Å². The Morgan fingerprint density at radius 2 is 2.09 bits per heavy atom. The molecule has 0 aliphatic carbocycles. The lowest BCUT2D eigenvalue weighted by Gasteiger charge is -2.02. The number of hydrogen-bond acceptors (Lipinski definition) is 2. The van der Waals surface area contributed by atoms with Crippen LogP contribution in [0.5, 0.6) is 0 Å². The molecule has 0 aromatic heterocycles. The SMILES string of the molecule is C=CC(=O)NC(C)C.CCO. The van der Waals surface area contributed by atoms with Gasteiger partial charge in [0.1, 0.15) is 0 Å². The van der Waals surface area contributed by atoms with E-state index < -0.39 is 0 Å². The molecule has 0 bridgehead atoms. The van der Waals surface area contributed by atoms with Gasteiger partial charge in [-0.05, 0) is 26.8 Å². The lowest BCUT2D eigenvalue weighted by atomic mass is 10.4. The second kappa shape index (κ2) is 9.17. The Labute approximate surface area is 68.1 Å². The van der Waals surface area contributed by atoms with Crippen LogP contribution in [0.3, 0.4) is 0 Å². The highest BCUT2D eigenvalue weighted by molar-refractivity contribution is 5.86. The maximum absolute atomic E-state index is 10.4. The fourth-order valence-corrected chi connectivity index (χ4v) is 0.343. The quantitative estimate of drug-likeness (QED) is 0.582. The first-order valence-electron chi connectivity index (χ1n) is 3.62. The molecule has 66 valence electrons. The third-order valence-corrected chi connectivity index (χ3v) is 0.616. The normalized spacial score (nSPS) is 8.09. The van der Waals surface area contributed by atoms with E-state index in [0.29, 0.717) is 0 Å². The summed E-state index contributed by atoms with van der Waals surface area (Å²) in [6.07, 6.45) is 1.26. The first-order valence-corrected chi connectivity index (χ1v) is 3.62. The molecule has 0 rings (SSSR count). The van der Waals surface area contributed by atoms with Crippen molar-refractivity contribution >= 4 is 5.91 Å². The maximum atomic E-state index is 10.4. The zero-order valence-corrected chi connectivity index (χ0v) is 7.42. The first kappa shape index (κ1) is 12.8. The maximum Gasteiger partial charge on any atom is 0.243 e. The predicted molar refractivity (Wildman–Crippen MR) is 46.2 cm³/mol. The van der Waals surface area contributed by atoms with Crippen LogP contribution in [-0.2, 0) is 4.79 Å². The molecule has 1 amide bonds. The molecule has 0 aliphatic heterocycles. The molecule has 0 saturated heterocycles. The minimum atomic E-state index is -0.111. The van der Waals surface area contributed by atoms with Gasteiger partial charge < -0.3 is 10.4 Å². The molecule has 3 nitrogen and oxygen atoms in total. The van der Waals surface area contributed by atoms with Crippen LogP contribution in [0.15, 0.2) is 12.7 Å². The summed E-state index contributed by atoms with van der Waals surface area (Å²) in [5, 5.41) is 10.2. The Hall–Kier alpha value is -0.830. The van der Waals surface area contributed by atoms with Crippen LogP contribution in [0.25, 0.3) is 0 Å². The summed E-state index contributed by atoms with van der Waals surface area (Å²) in [6, 6.07) is 0.209. The number of hydrogen-bond donors (Lipinski definition) is 2. The Balaban J connectivity index is 0. The Kier molecular flexibility index (Phi) is 10.7. The van der Waals surface area contributed by atoms with E-state index in [-0.39, 0.29) is 18.6 Å². The number of carbonyl (C=O) groups excluding carboxylic acids is 1. The van der Waals surface area contributed by atoms with E-state index in [2.05, 4.69) is 11.9 Å². The minimum Gasteiger partial charge on any atom is -0.397 e. The molecular formula is C8H17NO2. The second-order valence-corrected chi connectivity index (χ2v) is 2.18. The summed E-state index contributed by atoms with van der Waals surface area (Å²) in [4.78, 5) is 10.4. The average molecular weight is 159 g/mol. The number of amides is 1. The van der Waals surface area contributed by atoms with Gasteiger partial charge in [0, 0.05) is 12.6 Å². The average Bonchev–Trinajstić information content (AvgIpc) is 1.88. The van der Waals surface area contributed by atoms with Gasteiger partial charge in [-0.15, -0.1) is 0 Å². The van der Waals surface area contributed by atoms with Gasteiger partial charge >= 0.3 is 0 Å². The molecule has 0 saturated carbocycles. The van der Waals surface area contributed by atoms with Gasteiger partial charge in [-0.25, -0.2) is 0 Å². The van der Waals surface area contributed by atoms with Crippen LogP contribution < -0.4 is 5.32 Å². The number of aliphatic hydroxyl groups is 1. The van der Waals surface area contributed by atoms with E-state index in [1.807, 2.05) is 13.8 Å². The van der Waals surface area contributed by atoms with Crippen molar-refractivity contribution in [2.45, 2.75) is 26.8 Å². The van der Waals surface area contributed by atoms with E-state index in [4.69, 9.17) is 5.11 Å². The third kappa shape index (κ3) is 17.6. The third-order valence-electron chi connectivity index (χ3n) is 0.616. The molecule has 0 fully saturated rings. The van der Waals surface area contributed by atoms with E-state index in [1.54, 1.807) is 6.92 Å². The van der Waals surface area contributed by atoms with E-state index in [1.165, 1.54) is 6.08 Å². The molecule has 0 aromatic rings. The van der Waals surface area contributed by atoms with Crippen LogP contribution in [0.1, 0.15) is 20.8 Å². The van der Waals surface area contributed by atoms with E-state index in [9.17, 15) is 4.79 Å². The Bertz CT molecular complexity index is 111. The van der Waals surface area contributed by atoms with Crippen LogP contribution in [0.2, 0.25) is 0 Å². The molecular weight excluding hydrogens is 142 g/mol. The van der Waals surface area contributed by atoms with Gasteiger partial charge in [-0.1, -0.05) is 6.58 Å². The number of rotatable bonds is 2. The number of aliphatic hydroxyl groups excluding tert-OH is 1. The van der Waals surface area contributed by atoms with Gasteiger partial charge in [0.25, 0.3) is 0 Å². The van der Waals surface area contributed by atoms with Crippen molar-refractivity contribution in [3.8, 4) is 0 Å². The minimum absolute atomic E-state index is 0.111. The predicted octanol–water partition coefficient (Wildman–Crippen LogP) is 0.696. The molecule has 0 aromatic carbocycles. The summed E-state index contributed by atoms with van der Waals surface area (Å²) >= 11 is 0. The standard InChI is InChI=1S/C6H11NO.C2H6O/c1-4-6(8)7-5(2)3;1-2-3/h4-5H,1H2,2-3H3,(H,7,8);3H,2H2,1H3. The summed E-state index contributed by atoms with van der Waals surface area (Å²) in [6.45, 7) is 9.04. The van der Waals surface area contributed by atoms with E-state index in [0.717, 1.165) is 0 Å². The summed E-state index contributed by atoms with van der Waals surface area (Å²) < 4.78 is 0. The van der Waals surface area contributed by atoms with Crippen molar-refractivity contribution in [2.24, 2.45) is 0 Å². The van der Waals surface area contributed by atoms with Crippen molar-refractivity contribution in [3.63, 3.8) is 0 Å². The molecule has 2 N–H and O–H groups in total. The van der Waals surface area contributed by atoms with Crippen LogP contribution in [-0.4, -0.2) is 23.7 Å². The van der Waals surface area contributed by atoms with Gasteiger partial charge in [-0.2, -0.15) is 0 Å². The Morgan fingerprint density at radius 3 is 2.18 bits per heavy atom. The van der Waals surface area contributed by atoms with Crippen molar-refractivity contribution in [1.29, 1.82) is 0 Å². The smallest absolute Gasteiger partial charge is 0.243 e. The van der Waals surface area contributed by atoms with Gasteiger partial charge in [0.05, 0.1) is 0 Å². The zero-order chi connectivity index (χ0) is 9.28. The van der Waals surface area contributed by atoms with Crippen molar-refractivity contribution in [2.75, 3.05) is 6.61 Å². The number of carbonyl (C=O) groups is 1. The molecule has 0 radical (unpaired) electrons. The second-order valence-electron chi connectivity index (χ2n) is 2.18. The van der Waals surface area contributed by atoms with Gasteiger partial charge in [0.2, 0.25) is 5.91 Å². The zero-order valence-electron chi connectivity index (χ0n) is 7.42. The summed E-state index contributed by atoms with van der Waals surface area (Å²) in [5.74, 6) is -0.111. The van der Waals surface area contributed by atoms with Crippen LogP contribution >= 0.6 is 0 Å². The molecule has 0 atom stereocenters. The van der Waals surface area contributed by atoms with Crippen LogP contribution in [0, 0.1) is 0 Å². The molecule has 0 spiro atoms. The topological polar surface area (TPSA) is 49.3 Å². The van der Waals surface area contributed by atoms with Gasteiger partial charge in [0.15, 0.2) is 0 Å². The molecule has 0 aliphatic rings. The summed E-state index contributed by atoms with van der Waals surface area (Å²) in [5.41, 5.74) is 0. The van der Waals surface area contributed by atoms with E-state index >= 15 is 0 Å². The fourth-order valence-electron chi connectivity index (χ4n) is 0.343. The largest absolute Gasteiger partial charge is 0.397 e. The van der Waals surface area contributed by atoms with Crippen molar-refractivity contribution in [1.82, 2.24) is 5.32 Å². The molecule has 11 heavy (non-hydrogen) atoms. The fraction of sp³-hybridized carbons (Fsp3) is 0.625. The molecule has 0 heterocycles. The molecule has 3 heteroatoms. The molecule has 0 unspecified atom stereocenters. The Morgan fingerprint density at radius 1 is 1.73 bits per heavy atom. The monoisotopic (exact) mass is 159 g/mol.